The molecular formula is C11H26N2O. The van der Waals surface area contributed by atoms with Crippen LogP contribution in [0.2, 0.25) is 0 Å². The minimum absolute atomic E-state index is 0.0721. The van der Waals surface area contributed by atoms with Crippen LogP contribution < -0.4 is 11.1 Å². The molecular weight excluding hydrogens is 176 g/mol. The molecule has 0 saturated heterocycles. The maximum Gasteiger partial charge on any atom is 0.0654 e. The predicted octanol–water partition coefficient (Wildman–Crippen LogP) is 1.38. The molecule has 0 aliphatic heterocycles. The molecule has 0 aromatic carbocycles. The molecule has 0 amide bonds. The highest BCUT2D eigenvalue weighted by atomic mass is 16.5. The largest absolute Gasteiger partial charge is 0.383 e. The average molecular weight is 202 g/mol. The fourth-order valence-corrected chi connectivity index (χ4v) is 1.47. The van der Waals surface area contributed by atoms with Crippen LogP contribution in [-0.2, 0) is 4.74 Å². The lowest BCUT2D eigenvalue weighted by atomic mass is 9.99. The third-order valence-electron chi connectivity index (χ3n) is 2.89. The SMILES string of the molecule is CCC(CC)CNC(C)(CN)COC. The summed E-state index contributed by atoms with van der Waals surface area (Å²) < 4.78 is 5.15. The fourth-order valence-electron chi connectivity index (χ4n) is 1.47. The quantitative estimate of drug-likeness (QED) is 0.625. The first-order chi connectivity index (χ1) is 6.61. The Balaban J connectivity index is 3.92. The highest BCUT2D eigenvalue weighted by molar-refractivity contribution is 4.84. The first kappa shape index (κ1) is 13.9. The highest BCUT2D eigenvalue weighted by Gasteiger charge is 2.22. The van der Waals surface area contributed by atoms with E-state index in [1.165, 1.54) is 12.8 Å². The van der Waals surface area contributed by atoms with Gasteiger partial charge >= 0.3 is 0 Å². The molecule has 1 atom stereocenters. The number of hydrogen-bond donors (Lipinski definition) is 2. The van der Waals surface area contributed by atoms with Gasteiger partial charge in [-0.05, 0) is 19.4 Å². The molecule has 0 aliphatic rings. The van der Waals surface area contributed by atoms with Crippen molar-refractivity contribution < 1.29 is 4.74 Å². The predicted molar refractivity (Wildman–Crippen MR) is 61.4 cm³/mol. The maximum absolute atomic E-state index is 5.72. The van der Waals surface area contributed by atoms with Gasteiger partial charge in [-0.15, -0.1) is 0 Å². The first-order valence-corrected chi connectivity index (χ1v) is 5.55. The van der Waals surface area contributed by atoms with E-state index >= 15 is 0 Å². The summed E-state index contributed by atoms with van der Waals surface area (Å²) in [5.74, 6) is 0.748. The number of nitrogens with one attached hydrogen (secondary N) is 1. The van der Waals surface area contributed by atoms with Gasteiger partial charge in [0, 0.05) is 13.7 Å². The molecule has 0 radical (unpaired) electrons. The smallest absolute Gasteiger partial charge is 0.0654 e. The monoisotopic (exact) mass is 202 g/mol. The summed E-state index contributed by atoms with van der Waals surface area (Å²) in [6, 6.07) is 0. The molecule has 3 nitrogen and oxygen atoms in total. The van der Waals surface area contributed by atoms with Gasteiger partial charge in [-0.25, -0.2) is 0 Å². The normalized spacial score (nSPS) is 15.9. The summed E-state index contributed by atoms with van der Waals surface area (Å²) in [5.41, 5.74) is 5.65. The summed E-state index contributed by atoms with van der Waals surface area (Å²) in [6.07, 6.45) is 2.44. The second-order valence-electron chi connectivity index (χ2n) is 4.26. The van der Waals surface area contributed by atoms with Gasteiger partial charge in [0.05, 0.1) is 12.1 Å². The Kier molecular flexibility index (Phi) is 7.15. The third-order valence-corrected chi connectivity index (χ3v) is 2.89. The number of nitrogens with two attached hydrogens (primary N) is 1. The molecule has 0 aliphatic carbocycles. The molecule has 14 heavy (non-hydrogen) atoms. The summed E-state index contributed by atoms with van der Waals surface area (Å²) >= 11 is 0. The molecule has 0 heterocycles. The second-order valence-corrected chi connectivity index (χ2v) is 4.26. The summed E-state index contributed by atoms with van der Waals surface area (Å²) in [5, 5.41) is 3.50. The summed E-state index contributed by atoms with van der Waals surface area (Å²) in [6.45, 7) is 8.88. The molecule has 0 bridgehead atoms. The van der Waals surface area contributed by atoms with Crippen molar-refractivity contribution in [2.24, 2.45) is 11.7 Å². The van der Waals surface area contributed by atoms with Gasteiger partial charge in [0.2, 0.25) is 0 Å². The zero-order valence-electron chi connectivity index (χ0n) is 10.1. The summed E-state index contributed by atoms with van der Waals surface area (Å²) in [7, 11) is 1.71. The fraction of sp³-hybridized carbons (Fsp3) is 1.00. The van der Waals surface area contributed by atoms with E-state index in [0.717, 1.165) is 12.5 Å². The van der Waals surface area contributed by atoms with E-state index in [1.807, 2.05) is 0 Å². The van der Waals surface area contributed by atoms with Gasteiger partial charge in [-0.1, -0.05) is 26.7 Å². The lowest BCUT2D eigenvalue weighted by Gasteiger charge is -2.30. The molecule has 3 heteroatoms. The standard InChI is InChI=1S/C11H26N2O/c1-5-10(6-2)7-13-11(3,8-12)9-14-4/h10,13H,5-9,12H2,1-4H3. The van der Waals surface area contributed by atoms with E-state index in [2.05, 4.69) is 26.1 Å². The Bertz CT molecular complexity index is 137. The van der Waals surface area contributed by atoms with E-state index in [1.54, 1.807) is 7.11 Å². The van der Waals surface area contributed by atoms with Crippen LogP contribution in [-0.4, -0.2) is 32.3 Å². The van der Waals surface area contributed by atoms with Crippen LogP contribution in [0.25, 0.3) is 0 Å². The van der Waals surface area contributed by atoms with Crippen molar-refractivity contribution in [3.05, 3.63) is 0 Å². The molecule has 0 aromatic rings. The van der Waals surface area contributed by atoms with Crippen LogP contribution in [0.1, 0.15) is 33.6 Å². The van der Waals surface area contributed by atoms with E-state index in [9.17, 15) is 0 Å². The zero-order valence-corrected chi connectivity index (χ0v) is 10.1. The summed E-state index contributed by atoms with van der Waals surface area (Å²) in [4.78, 5) is 0. The van der Waals surface area contributed by atoms with Crippen molar-refractivity contribution >= 4 is 0 Å². The maximum atomic E-state index is 5.72. The Morgan fingerprint density at radius 3 is 2.29 bits per heavy atom. The van der Waals surface area contributed by atoms with Crippen molar-refractivity contribution in [2.75, 3.05) is 26.8 Å². The molecule has 0 rings (SSSR count). The second kappa shape index (κ2) is 7.21. The molecule has 0 fully saturated rings. The Hall–Kier alpha value is -0.120. The number of ether oxygens (including phenoxy) is 1. The lowest BCUT2D eigenvalue weighted by Crippen LogP contribution is -2.53. The number of hydrogen-bond acceptors (Lipinski definition) is 3. The van der Waals surface area contributed by atoms with Crippen LogP contribution in [0, 0.1) is 5.92 Å². The average Bonchev–Trinajstić information content (AvgIpc) is 2.20. The minimum atomic E-state index is -0.0721. The van der Waals surface area contributed by atoms with Crippen LogP contribution in [0.4, 0.5) is 0 Å². The Morgan fingerprint density at radius 2 is 1.93 bits per heavy atom. The van der Waals surface area contributed by atoms with E-state index in [4.69, 9.17) is 10.5 Å². The van der Waals surface area contributed by atoms with E-state index < -0.39 is 0 Å². The zero-order chi connectivity index (χ0) is 11.0. The van der Waals surface area contributed by atoms with Gasteiger partial charge in [0.1, 0.15) is 0 Å². The molecule has 86 valence electrons. The molecule has 0 aromatic heterocycles. The van der Waals surface area contributed by atoms with Crippen LogP contribution >= 0.6 is 0 Å². The van der Waals surface area contributed by atoms with Crippen LogP contribution in [0.5, 0.6) is 0 Å². The molecule has 0 saturated carbocycles. The minimum Gasteiger partial charge on any atom is -0.383 e. The first-order valence-electron chi connectivity index (χ1n) is 5.55. The van der Waals surface area contributed by atoms with Crippen molar-refractivity contribution in [2.45, 2.75) is 39.2 Å². The van der Waals surface area contributed by atoms with Crippen molar-refractivity contribution in [1.82, 2.24) is 5.32 Å². The highest BCUT2D eigenvalue weighted by Crippen LogP contribution is 2.09. The van der Waals surface area contributed by atoms with Crippen molar-refractivity contribution in [3.63, 3.8) is 0 Å². The van der Waals surface area contributed by atoms with E-state index in [-0.39, 0.29) is 5.54 Å². The molecule has 1 unspecified atom stereocenters. The Labute approximate surface area is 88.4 Å². The molecule has 0 spiro atoms. The van der Waals surface area contributed by atoms with Crippen molar-refractivity contribution in [1.29, 1.82) is 0 Å². The van der Waals surface area contributed by atoms with Gasteiger partial charge in [-0.3, -0.25) is 0 Å². The lowest BCUT2D eigenvalue weighted by molar-refractivity contribution is 0.119. The van der Waals surface area contributed by atoms with Crippen molar-refractivity contribution in [3.8, 4) is 0 Å². The van der Waals surface area contributed by atoms with E-state index in [0.29, 0.717) is 13.2 Å². The number of methoxy groups -OCH3 is 1. The van der Waals surface area contributed by atoms with Gasteiger partial charge in [0.25, 0.3) is 0 Å². The van der Waals surface area contributed by atoms with Gasteiger partial charge < -0.3 is 15.8 Å². The Morgan fingerprint density at radius 1 is 1.36 bits per heavy atom. The van der Waals surface area contributed by atoms with Crippen LogP contribution in [0.3, 0.4) is 0 Å². The van der Waals surface area contributed by atoms with Crippen LogP contribution in [0.15, 0.2) is 0 Å². The van der Waals surface area contributed by atoms with Gasteiger partial charge in [0.15, 0.2) is 0 Å². The third kappa shape index (κ3) is 4.94. The van der Waals surface area contributed by atoms with Gasteiger partial charge in [-0.2, -0.15) is 0 Å². The topological polar surface area (TPSA) is 47.3 Å². The molecule has 3 N–H and O–H groups in total. The number of rotatable bonds is 8.